The molecule has 0 aromatic heterocycles. The van der Waals surface area contributed by atoms with Crippen LogP contribution in [0.5, 0.6) is 5.75 Å². The lowest BCUT2D eigenvalue weighted by atomic mass is 9.89. The maximum Gasteiger partial charge on any atom is 0.336 e. The minimum atomic E-state index is -0.957. The van der Waals surface area contributed by atoms with Gasteiger partial charge in [-0.1, -0.05) is 72.8 Å². The fraction of sp³-hybridized carbons (Fsp3) is 0.160. The molecule has 148 valence electrons. The number of hydrogen-bond donors (Lipinski definition) is 1. The summed E-state index contributed by atoms with van der Waals surface area (Å²) in [5.41, 5.74) is 3.32. The van der Waals surface area contributed by atoms with Crippen molar-refractivity contribution in [2.24, 2.45) is 0 Å². The molecule has 4 heteroatoms. The van der Waals surface area contributed by atoms with Crippen LogP contribution in [0, 0.1) is 0 Å². The van der Waals surface area contributed by atoms with Gasteiger partial charge in [-0.15, -0.1) is 0 Å². The van der Waals surface area contributed by atoms with Crippen molar-refractivity contribution < 1.29 is 14.6 Å². The van der Waals surface area contributed by atoms with Gasteiger partial charge in [0.15, 0.2) is 0 Å². The third-order valence-corrected chi connectivity index (χ3v) is 4.54. The molecule has 0 radical (unpaired) electrons. The number of ether oxygens (including phenoxy) is 1. The molecule has 4 nitrogen and oxygen atoms in total. The number of carbonyl (C=O) groups is 1. The van der Waals surface area contributed by atoms with E-state index in [9.17, 15) is 9.90 Å². The second-order valence-electron chi connectivity index (χ2n) is 6.96. The maximum atomic E-state index is 12.3. The van der Waals surface area contributed by atoms with E-state index in [1.807, 2.05) is 99.0 Å². The smallest absolute Gasteiger partial charge is 0.336 e. The predicted molar refractivity (Wildman–Crippen MR) is 117 cm³/mol. The van der Waals surface area contributed by atoms with Gasteiger partial charge in [0, 0.05) is 12.1 Å². The van der Waals surface area contributed by atoms with E-state index < -0.39 is 5.97 Å². The Morgan fingerprint density at radius 3 is 1.83 bits per heavy atom. The maximum absolute atomic E-state index is 12.3. The molecule has 0 saturated heterocycles. The Kier molecular flexibility index (Phi) is 6.82. The zero-order valence-electron chi connectivity index (χ0n) is 16.7. The van der Waals surface area contributed by atoms with Gasteiger partial charge in [0.1, 0.15) is 12.4 Å². The Balaban J connectivity index is 2.06. The highest BCUT2D eigenvalue weighted by atomic mass is 16.5. The average Bonchev–Trinajstić information content (AvgIpc) is 2.73. The topological polar surface area (TPSA) is 49.8 Å². The number of aliphatic carboxylic acids is 1. The van der Waals surface area contributed by atoms with Crippen LogP contribution in [0.25, 0.3) is 11.1 Å². The summed E-state index contributed by atoms with van der Waals surface area (Å²) in [4.78, 5) is 14.3. The van der Waals surface area contributed by atoms with Crippen LogP contribution in [0.15, 0.2) is 84.9 Å². The molecular formula is C25H25NO3. The molecule has 0 unspecified atom stereocenters. The van der Waals surface area contributed by atoms with E-state index in [2.05, 4.69) is 4.90 Å². The molecular weight excluding hydrogens is 362 g/mol. The van der Waals surface area contributed by atoms with E-state index in [-0.39, 0.29) is 5.57 Å². The average molecular weight is 387 g/mol. The molecule has 0 spiro atoms. The number of rotatable bonds is 8. The normalized spacial score (nSPS) is 11.8. The first kappa shape index (κ1) is 20.4. The van der Waals surface area contributed by atoms with Crippen LogP contribution < -0.4 is 4.74 Å². The van der Waals surface area contributed by atoms with Crippen LogP contribution in [0.1, 0.15) is 16.7 Å². The molecule has 0 amide bonds. The highest BCUT2D eigenvalue weighted by molar-refractivity contribution is 6.26. The molecule has 0 heterocycles. The van der Waals surface area contributed by atoms with Crippen LogP contribution in [0.2, 0.25) is 0 Å². The van der Waals surface area contributed by atoms with Gasteiger partial charge in [-0.25, -0.2) is 4.79 Å². The zero-order valence-corrected chi connectivity index (χ0v) is 16.7. The summed E-state index contributed by atoms with van der Waals surface area (Å²) >= 11 is 0. The van der Waals surface area contributed by atoms with Crippen LogP contribution in [-0.4, -0.2) is 43.2 Å². The summed E-state index contributed by atoms with van der Waals surface area (Å²) < 4.78 is 5.78. The van der Waals surface area contributed by atoms with Crippen LogP contribution in [-0.2, 0) is 4.79 Å². The molecule has 1 N–H and O–H groups in total. The van der Waals surface area contributed by atoms with E-state index in [0.29, 0.717) is 17.7 Å². The van der Waals surface area contributed by atoms with Gasteiger partial charge in [-0.2, -0.15) is 0 Å². The van der Waals surface area contributed by atoms with Crippen molar-refractivity contribution >= 4 is 17.1 Å². The molecule has 3 aromatic carbocycles. The second-order valence-corrected chi connectivity index (χ2v) is 6.96. The number of carboxylic acid groups (broad SMARTS) is 1. The molecule has 0 fully saturated rings. The Labute approximate surface area is 171 Å². The van der Waals surface area contributed by atoms with Crippen molar-refractivity contribution in [2.75, 3.05) is 27.2 Å². The van der Waals surface area contributed by atoms with E-state index in [0.717, 1.165) is 23.4 Å². The zero-order chi connectivity index (χ0) is 20.6. The number of benzene rings is 3. The number of hydrogen-bond acceptors (Lipinski definition) is 3. The molecule has 0 aliphatic rings. The molecule has 3 rings (SSSR count). The largest absolute Gasteiger partial charge is 0.492 e. The molecule has 29 heavy (non-hydrogen) atoms. The van der Waals surface area contributed by atoms with Gasteiger partial charge in [0.25, 0.3) is 0 Å². The van der Waals surface area contributed by atoms with Gasteiger partial charge >= 0.3 is 5.97 Å². The monoisotopic (exact) mass is 387 g/mol. The first-order chi connectivity index (χ1) is 14.1. The minimum absolute atomic E-state index is 0.276. The quantitative estimate of drug-likeness (QED) is 0.451. The van der Waals surface area contributed by atoms with Crippen LogP contribution >= 0.6 is 0 Å². The standard InChI is InChI=1S/C25H25NO3/c1-26(2)17-18-29-22-15-13-21(14-16-22)23(19-9-5-3-6-10-19)24(25(27)28)20-11-7-4-8-12-20/h3-16H,17-18H2,1-2H3,(H,27,28)/b24-23+. The summed E-state index contributed by atoms with van der Waals surface area (Å²) in [5, 5.41) is 10.1. The first-order valence-electron chi connectivity index (χ1n) is 9.52. The fourth-order valence-electron chi connectivity index (χ4n) is 3.10. The molecule has 0 atom stereocenters. The highest BCUT2D eigenvalue weighted by Gasteiger charge is 2.19. The van der Waals surface area contributed by atoms with Crippen LogP contribution in [0.4, 0.5) is 0 Å². The lowest BCUT2D eigenvalue weighted by Crippen LogP contribution is -2.19. The summed E-state index contributed by atoms with van der Waals surface area (Å²) in [7, 11) is 4.00. The van der Waals surface area contributed by atoms with E-state index in [1.165, 1.54) is 0 Å². The first-order valence-corrected chi connectivity index (χ1v) is 9.52. The van der Waals surface area contributed by atoms with Crippen molar-refractivity contribution in [3.8, 4) is 5.75 Å². The molecule has 0 aliphatic heterocycles. The van der Waals surface area contributed by atoms with Gasteiger partial charge in [-0.3, -0.25) is 0 Å². The van der Waals surface area contributed by atoms with Crippen molar-refractivity contribution in [2.45, 2.75) is 0 Å². The third kappa shape index (κ3) is 5.33. The van der Waals surface area contributed by atoms with Gasteiger partial charge in [0.2, 0.25) is 0 Å². The Morgan fingerprint density at radius 2 is 1.31 bits per heavy atom. The van der Waals surface area contributed by atoms with Gasteiger partial charge < -0.3 is 14.7 Å². The number of carboxylic acids is 1. The third-order valence-electron chi connectivity index (χ3n) is 4.54. The predicted octanol–water partition coefficient (Wildman–Crippen LogP) is 4.67. The fourth-order valence-corrected chi connectivity index (χ4v) is 3.10. The molecule has 0 saturated carbocycles. The van der Waals surface area contributed by atoms with Crippen molar-refractivity contribution in [3.05, 3.63) is 102 Å². The van der Waals surface area contributed by atoms with Crippen molar-refractivity contribution in [3.63, 3.8) is 0 Å². The highest BCUT2D eigenvalue weighted by Crippen LogP contribution is 2.33. The summed E-state index contributed by atoms with van der Waals surface area (Å²) in [6.45, 7) is 1.42. The minimum Gasteiger partial charge on any atom is -0.492 e. The molecule has 0 aliphatic carbocycles. The Bertz CT molecular complexity index is 962. The van der Waals surface area contributed by atoms with Crippen molar-refractivity contribution in [1.29, 1.82) is 0 Å². The number of nitrogens with zero attached hydrogens (tertiary/aromatic N) is 1. The summed E-state index contributed by atoms with van der Waals surface area (Å²) in [6.07, 6.45) is 0. The van der Waals surface area contributed by atoms with E-state index >= 15 is 0 Å². The number of likely N-dealkylation sites (N-methyl/N-ethyl adjacent to an activating group) is 1. The summed E-state index contributed by atoms with van der Waals surface area (Å²) in [6, 6.07) is 26.5. The Hall–Kier alpha value is -3.37. The van der Waals surface area contributed by atoms with Crippen LogP contribution in [0.3, 0.4) is 0 Å². The Morgan fingerprint density at radius 1 is 0.793 bits per heavy atom. The van der Waals surface area contributed by atoms with Gasteiger partial charge in [0.05, 0.1) is 5.57 Å². The van der Waals surface area contributed by atoms with Gasteiger partial charge in [-0.05, 0) is 42.9 Å². The SMILES string of the molecule is CN(C)CCOc1ccc(/C(=C(/C(=O)O)c2ccccc2)c2ccccc2)cc1. The van der Waals surface area contributed by atoms with E-state index in [1.54, 1.807) is 0 Å². The lowest BCUT2D eigenvalue weighted by molar-refractivity contribution is -0.130. The van der Waals surface area contributed by atoms with Crippen molar-refractivity contribution in [1.82, 2.24) is 4.90 Å². The lowest BCUT2D eigenvalue weighted by Gasteiger charge is -2.15. The summed E-state index contributed by atoms with van der Waals surface area (Å²) in [5.74, 6) is -0.194. The molecule has 3 aromatic rings. The second kappa shape index (κ2) is 9.71. The van der Waals surface area contributed by atoms with E-state index in [4.69, 9.17) is 4.74 Å². The molecule has 0 bridgehead atoms.